The molecule has 0 aliphatic carbocycles. The topological polar surface area (TPSA) is 120 Å². The Bertz CT molecular complexity index is 945. The fourth-order valence-electron chi connectivity index (χ4n) is 3.74. The van der Waals surface area contributed by atoms with Crippen molar-refractivity contribution < 1.29 is 29.0 Å². The molecule has 3 aliphatic heterocycles. The van der Waals surface area contributed by atoms with Gasteiger partial charge in [0.1, 0.15) is 5.76 Å². The van der Waals surface area contributed by atoms with Crippen molar-refractivity contribution in [2.75, 3.05) is 19.6 Å². The highest BCUT2D eigenvalue weighted by atomic mass is 35.5. The molecule has 0 unspecified atom stereocenters. The number of rotatable bonds is 5. The highest BCUT2D eigenvalue weighted by molar-refractivity contribution is 6.30. The summed E-state index contributed by atoms with van der Waals surface area (Å²) in [6, 6.07) is 11.2. The predicted octanol–water partition coefficient (Wildman–Crippen LogP) is 3.14. The first kappa shape index (κ1) is 22.6. The maximum atomic E-state index is 12.4. The van der Waals surface area contributed by atoms with E-state index in [1.165, 1.54) is 25.9 Å². The average molecular weight is 447 g/mol. The molecule has 0 spiro atoms. The maximum Gasteiger partial charge on any atom is 0.328 e. The number of piperidine rings is 3. The van der Waals surface area contributed by atoms with E-state index in [9.17, 15) is 14.4 Å². The first-order valence-electron chi connectivity index (χ1n) is 9.84. The molecular weight excluding hydrogens is 424 g/mol. The Hall–Kier alpha value is -3.10. The second kappa shape index (κ2) is 10.3. The first-order chi connectivity index (χ1) is 14.8. The molecular formula is C22H23ClN2O6. The molecule has 3 saturated heterocycles. The zero-order valence-corrected chi connectivity index (χ0v) is 17.4. The van der Waals surface area contributed by atoms with E-state index in [-0.39, 0.29) is 11.9 Å². The minimum atomic E-state index is -1.26. The number of carboxylic acids is 2. The lowest BCUT2D eigenvalue weighted by Crippen LogP contribution is -2.57. The van der Waals surface area contributed by atoms with Crippen molar-refractivity contribution in [2.45, 2.75) is 18.9 Å². The molecule has 1 atom stereocenters. The van der Waals surface area contributed by atoms with Gasteiger partial charge in [0.25, 0.3) is 5.91 Å². The van der Waals surface area contributed by atoms with Crippen LogP contribution in [0.25, 0.3) is 11.3 Å². The quantitative estimate of drug-likeness (QED) is 0.603. The number of carboxylic acid groups (broad SMARTS) is 2. The Balaban J connectivity index is 0.000000293. The number of nitrogens with zero attached hydrogens (tertiary/aromatic N) is 1. The minimum absolute atomic E-state index is 0.121. The van der Waals surface area contributed by atoms with Crippen LogP contribution in [0.5, 0.6) is 0 Å². The third kappa shape index (κ3) is 6.44. The van der Waals surface area contributed by atoms with Gasteiger partial charge in [0.05, 0.1) is 0 Å². The summed E-state index contributed by atoms with van der Waals surface area (Å²) in [6.07, 6.45) is 3.48. The van der Waals surface area contributed by atoms with Gasteiger partial charge >= 0.3 is 11.9 Å². The molecule has 0 radical (unpaired) electrons. The van der Waals surface area contributed by atoms with E-state index in [2.05, 4.69) is 10.2 Å². The van der Waals surface area contributed by atoms with Gasteiger partial charge in [0.2, 0.25) is 0 Å². The summed E-state index contributed by atoms with van der Waals surface area (Å²) in [5, 5.41) is 19.5. The molecule has 1 aromatic carbocycles. The van der Waals surface area contributed by atoms with Gasteiger partial charge in [-0.05, 0) is 68.2 Å². The summed E-state index contributed by atoms with van der Waals surface area (Å²) < 4.78 is 5.72. The third-order valence-corrected chi connectivity index (χ3v) is 5.55. The molecule has 0 saturated carbocycles. The van der Waals surface area contributed by atoms with E-state index in [1.54, 1.807) is 6.07 Å². The van der Waals surface area contributed by atoms with Gasteiger partial charge in [-0.3, -0.25) is 4.79 Å². The monoisotopic (exact) mass is 446 g/mol. The number of halogens is 1. The second-order valence-corrected chi connectivity index (χ2v) is 7.84. The molecule has 31 heavy (non-hydrogen) atoms. The summed E-state index contributed by atoms with van der Waals surface area (Å²) in [4.78, 5) is 34.0. The van der Waals surface area contributed by atoms with E-state index in [1.807, 2.05) is 30.3 Å². The Morgan fingerprint density at radius 2 is 1.61 bits per heavy atom. The molecule has 1 aromatic heterocycles. The minimum Gasteiger partial charge on any atom is -0.478 e. The molecule has 3 N–H and O–H groups in total. The van der Waals surface area contributed by atoms with Gasteiger partial charge in [-0.15, -0.1) is 0 Å². The van der Waals surface area contributed by atoms with Gasteiger partial charge < -0.3 is 24.8 Å². The molecule has 5 rings (SSSR count). The second-order valence-electron chi connectivity index (χ2n) is 7.40. The van der Waals surface area contributed by atoms with Crippen molar-refractivity contribution in [3.05, 3.63) is 59.3 Å². The summed E-state index contributed by atoms with van der Waals surface area (Å²) in [5.41, 5.74) is 0.913. The summed E-state index contributed by atoms with van der Waals surface area (Å²) >= 11 is 5.90. The van der Waals surface area contributed by atoms with Crippen molar-refractivity contribution in [2.24, 2.45) is 5.92 Å². The fraction of sp³-hybridized carbons (Fsp3) is 0.318. The van der Waals surface area contributed by atoms with Crippen molar-refractivity contribution >= 4 is 29.4 Å². The van der Waals surface area contributed by atoms with Crippen LogP contribution in [0.3, 0.4) is 0 Å². The highest BCUT2D eigenvalue weighted by Gasteiger charge is 2.35. The lowest BCUT2D eigenvalue weighted by molar-refractivity contribution is -0.134. The van der Waals surface area contributed by atoms with Gasteiger partial charge in [-0.2, -0.15) is 0 Å². The number of carbonyl (C=O) groups excluding carboxylic acids is 1. The number of aliphatic carboxylic acids is 2. The van der Waals surface area contributed by atoms with Crippen LogP contribution in [0.4, 0.5) is 0 Å². The SMILES string of the molecule is O=C(N[C@H]1CN2CCC1CC2)c1ccc(-c2ccc(Cl)cc2)o1.O=C(O)/C=C/C(=O)O. The lowest BCUT2D eigenvalue weighted by atomic mass is 9.84. The molecule has 164 valence electrons. The molecule has 8 nitrogen and oxygen atoms in total. The van der Waals surface area contributed by atoms with Crippen molar-refractivity contribution in [1.29, 1.82) is 0 Å². The van der Waals surface area contributed by atoms with Crippen molar-refractivity contribution in [3.8, 4) is 11.3 Å². The molecule has 2 aromatic rings. The van der Waals surface area contributed by atoms with E-state index in [0.717, 1.165) is 12.1 Å². The van der Waals surface area contributed by atoms with Crippen molar-refractivity contribution in [3.63, 3.8) is 0 Å². The van der Waals surface area contributed by atoms with Gasteiger partial charge in [-0.25, -0.2) is 9.59 Å². The van der Waals surface area contributed by atoms with Crippen molar-refractivity contribution in [1.82, 2.24) is 10.2 Å². The Morgan fingerprint density at radius 1 is 1.00 bits per heavy atom. The largest absolute Gasteiger partial charge is 0.478 e. The number of hydrogen-bond acceptors (Lipinski definition) is 5. The number of furan rings is 1. The van der Waals surface area contributed by atoms with E-state index in [4.69, 9.17) is 26.2 Å². The lowest BCUT2D eigenvalue weighted by Gasteiger charge is -2.44. The molecule has 3 aliphatic rings. The number of hydrogen-bond donors (Lipinski definition) is 3. The van der Waals surface area contributed by atoms with Crippen LogP contribution >= 0.6 is 11.6 Å². The molecule has 3 fully saturated rings. The number of carbonyl (C=O) groups is 3. The van der Waals surface area contributed by atoms with E-state index >= 15 is 0 Å². The molecule has 1 amide bonds. The Kier molecular flexibility index (Phi) is 7.49. The normalized spacial score (nSPS) is 21.9. The predicted molar refractivity (Wildman–Crippen MR) is 114 cm³/mol. The Labute approximate surface area is 184 Å². The van der Waals surface area contributed by atoms with Crippen LogP contribution in [-0.2, 0) is 9.59 Å². The number of amides is 1. The maximum absolute atomic E-state index is 12.4. The van der Waals surface area contributed by atoms with Crippen LogP contribution in [0.15, 0.2) is 53.0 Å². The fourth-order valence-corrected chi connectivity index (χ4v) is 3.87. The summed E-state index contributed by atoms with van der Waals surface area (Å²) in [7, 11) is 0. The number of benzene rings is 1. The van der Waals surface area contributed by atoms with Crippen LogP contribution < -0.4 is 5.32 Å². The van der Waals surface area contributed by atoms with Crippen LogP contribution in [-0.4, -0.2) is 58.6 Å². The molecule has 9 heteroatoms. The van der Waals surface area contributed by atoms with Crippen LogP contribution in [0, 0.1) is 5.92 Å². The average Bonchev–Trinajstić information content (AvgIpc) is 3.25. The third-order valence-electron chi connectivity index (χ3n) is 5.30. The number of nitrogens with one attached hydrogen (secondary N) is 1. The van der Waals surface area contributed by atoms with Crippen LogP contribution in [0.1, 0.15) is 23.4 Å². The first-order valence-corrected chi connectivity index (χ1v) is 10.2. The summed E-state index contributed by atoms with van der Waals surface area (Å²) in [6.45, 7) is 3.29. The highest BCUT2D eigenvalue weighted by Crippen LogP contribution is 2.28. The summed E-state index contributed by atoms with van der Waals surface area (Å²) in [5.74, 6) is -0.981. The zero-order chi connectivity index (χ0) is 22.4. The van der Waals surface area contributed by atoms with Gasteiger partial charge in [-0.1, -0.05) is 11.6 Å². The zero-order valence-electron chi connectivity index (χ0n) is 16.7. The Morgan fingerprint density at radius 3 is 2.13 bits per heavy atom. The van der Waals surface area contributed by atoms with Gasteiger partial charge in [0, 0.05) is 35.3 Å². The number of fused-ring (bicyclic) bond motifs is 3. The van der Waals surface area contributed by atoms with E-state index < -0.39 is 11.9 Å². The molecule has 4 heterocycles. The van der Waals surface area contributed by atoms with E-state index in [0.29, 0.717) is 34.6 Å². The smallest absolute Gasteiger partial charge is 0.328 e. The van der Waals surface area contributed by atoms with Gasteiger partial charge in [0.15, 0.2) is 5.76 Å². The standard InChI is InChI=1S/C18H19ClN2O2.C4H4O4/c19-14-3-1-13(2-4-14)16-5-6-17(23-16)18(22)20-15-11-21-9-7-12(15)8-10-21;5-3(6)1-2-4(7)8/h1-6,12,15H,7-11H2,(H,20,22);1-2H,(H,5,6)(H,7,8)/b;2-1+/t15-;/m0./s1. The molecule has 2 bridgehead atoms. The van der Waals surface area contributed by atoms with Crippen LogP contribution in [0.2, 0.25) is 5.02 Å².